The maximum absolute atomic E-state index is 6.13. The van der Waals surface area contributed by atoms with Gasteiger partial charge in [-0.25, -0.2) is 4.98 Å². The molecular formula is C12H9ClN4S. The number of nitrogens with zero attached hydrogens (tertiary/aromatic N) is 2. The standard InChI is InChI=1S/C12H9ClN4S/c13-9-6-7(14)3-4-8(9)11-15-12(17-16-11)10-2-1-5-18-10/h1-6H,14H2,(H,15,16,17). The summed E-state index contributed by atoms with van der Waals surface area (Å²) < 4.78 is 0. The normalized spacial score (nSPS) is 10.7. The van der Waals surface area contributed by atoms with E-state index in [0.29, 0.717) is 16.5 Å². The topological polar surface area (TPSA) is 67.6 Å². The molecule has 0 spiro atoms. The smallest absolute Gasteiger partial charge is 0.183 e. The molecule has 6 heteroatoms. The largest absolute Gasteiger partial charge is 0.399 e. The Kier molecular flexibility index (Phi) is 2.77. The molecule has 1 aromatic carbocycles. The number of aromatic amines is 1. The predicted octanol–water partition coefficient (Wildman–Crippen LogP) is 3.44. The Labute approximate surface area is 112 Å². The first-order valence-corrected chi connectivity index (χ1v) is 6.51. The Bertz CT molecular complexity index is 675. The highest BCUT2D eigenvalue weighted by molar-refractivity contribution is 7.13. The minimum Gasteiger partial charge on any atom is -0.399 e. The van der Waals surface area contributed by atoms with Crippen LogP contribution in [0.3, 0.4) is 0 Å². The number of hydrogen-bond acceptors (Lipinski definition) is 4. The van der Waals surface area contributed by atoms with Crippen molar-refractivity contribution in [2.45, 2.75) is 0 Å². The number of H-pyrrole nitrogens is 1. The molecule has 0 unspecified atom stereocenters. The summed E-state index contributed by atoms with van der Waals surface area (Å²) in [4.78, 5) is 5.47. The van der Waals surface area contributed by atoms with Gasteiger partial charge in [-0.1, -0.05) is 17.7 Å². The van der Waals surface area contributed by atoms with E-state index >= 15 is 0 Å². The van der Waals surface area contributed by atoms with Crippen LogP contribution in [0.25, 0.3) is 22.1 Å². The van der Waals surface area contributed by atoms with Gasteiger partial charge in [0.2, 0.25) is 0 Å². The zero-order chi connectivity index (χ0) is 12.5. The first-order chi connectivity index (χ1) is 8.74. The molecule has 0 fully saturated rings. The highest BCUT2D eigenvalue weighted by Crippen LogP contribution is 2.29. The highest BCUT2D eigenvalue weighted by Gasteiger charge is 2.11. The number of nitrogens with one attached hydrogen (secondary N) is 1. The van der Waals surface area contributed by atoms with Gasteiger partial charge in [-0.05, 0) is 29.6 Å². The molecule has 2 aromatic heterocycles. The summed E-state index contributed by atoms with van der Waals surface area (Å²) in [5.74, 6) is 1.32. The molecule has 0 saturated heterocycles. The fraction of sp³-hybridized carbons (Fsp3) is 0. The summed E-state index contributed by atoms with van der Waals surface area (Å²) >= 11 is 7.73. The quantitative estimate of drug-likeness (QED) is 0.705. The van der Waals surface area contributed by atoms with Gasteiger partial charge in [0, 0.05) is 11.3 Å². The van der Waals surface area contributed by atoms with Crippen LogP contribution in [0.4, 0.5) is 5.69 Å². The second kappa shape index (κ2) is 4.44. The number of thiophene rings is 1. The van der Waals surface area contributed by atoms with Gasteiger partial charge in [0.25, 0.3) is 0 Å². The molecule has 4 nitrogen and oxygen atoms in total. The number of nitrogen functional groups attached to an aromatic ring is 1. The molecule has 0 atom stereocenters. The Balaban J connectivity index is 2.03. The molecule has 0 saturated carbocycles. The molecule has 3 N–H and O–H groups in total. The average molecular weight is 277 g/mol. The Morgan fingerprint density at radius 1 is 1.28 bits per heavy atom. The van der Waals surface area contributed by atoms with Gasteiger partial charge in [-0.2, -0.15) is 5.10 Å². The Hall–Kier alpha value is -1.85. The molecule has 90 valence electrons. The fourth-order valence-corrected chi connectivity index (χ4v) is 2.56. The molecule has 0 bridgehead atoms. The first-order valence-electron chi connectivity index (χ1n) is 5.26. The van der Waals surface area contributed by atoms with Gasteiger partial charge in [-0.3, -0.25) is 5.10 Å². The maximum atomic E-state index is 6.13. The summed E-state index contributed by atoms with van der Waals surface area (Å²) in [6.45, 7) is 0. The van der Waals surface area contributed by atoms with Gasteiger partial charge in [0.05, 0.1) is 9.90 Å². The predicted molar refractivity (Wildman–Crippen MR) is 74.6 cm³/mol. The summed E-state index contributed by atoms with van der Waals surface area (Å²) in [6.07, 6.45) is 0. The molecule has 0 radical (unpaired) electrons. The lowest BCUT2D eigenvalue weighted by atomic mass is 10.2. The van der Waals surface area contributed by atoms with Gasteiger partial charge < -0.3 is 5.73 Å². The summed E-state index contributed by atoms with van der Waals surface area (Å²) in [6, 6.07) is 9.25. The number of rotatable bonds is 2. The minimum atomic E-state index is 0.548. The molecule has 3 rings (SSSR count). The summed E-state index contributed by atoms with van der Waals surface area (Å²) in [7, 11) is 0. The van der Waals surface area contributed by atoms with Crippen LogP contribution < -0.4 is 5.73 Å². The van der Waals surface area contributed by atoms with Crippen molar-refractivity contribution >= 4 is 28.6 Å². The van der Waals surface area contributed by atoms with E-state index < -0.39 is 0 Å². The molecule has 3 aromatic rings. The minimum absolute atomic E-state index is 0.548. The van der Waals surface area contributed by atoms with E-state index in [1.807, 2.05) is 23.6 Å². The van der Waals surface area contributed by atoms with E-state index in [9.17, 15) is 0 Å². The first kappa shape index (κ1) is 11.3. The van der Waals surface area contributed by atoms with E-state index in [0.717, 1.165) is 16.3 Å². The third-order valence-electron chi connectivity index (χ3n) is 2.47. The molecular weight excluding hydrogens is 268 g/mol. The number of nitrogens with two attached hydrogens (primary N) is 1. The van der Waals surface area contributed by atoms with Crippen LogP contribution in [-0.2, 0) is 0 Å². The Morgan fingerprint density at radius 2 is 2.17 bits per heavy atom. The summed E-state index contributed by atoms with van der Waals surface area (Å²) in [5, 5.41) is 9.63. The second-order valence-corrected chi connectivity index (χ2v) is 5.08. The van der Waals surface area contributed by atoms with Gasteiger partial charge >= 0.3 is 0 Å². The third-order valence-corrected chi connectivity index (χ3v) is 3.66. The van der Waals surface area contributed by atoms with E-state index in [2.05, 4.69) is 15.2 Å². The molecule has 0 aliphatic rings. The van der Waals surface area contributed by atoms with Crippen LogP contribution in [0.2, 0.25) is 5.02 Å². The lowest BCUT2D eigenvalue weighted by Gasteiger charge is -1.99. The van der Waals surface area contributed by atoms with Crippen molar-refractivity contribution in [3.8, 4) is 22.1 Å². The lowest BCUT2D eigenvalue weighted by molar-refractivity contribution is 1.10. The third kappa shape index (κ3) is 1.98. The van der Waals surface area contributed by atoms with E-state index in [-0.39, 0.29) is 0 Å². The fourth-order valence-electron chi connectivity index (χ4n) is 1.62. The van der Waals surface area contributed by atoms with Crippen molar-refractivity contribution in [1.29, 1.82) is 0 Å². The number of benzene rings is 1. The van der Waals surface area contributed by atoms with Crippen molar-refractivity contribution < 1.29 is 0 Å². The molecule has 0 aliphatic carbocycles. The van der Waals surface area contributed by atoms with Crippen molar-refractivity contribution in [2.24, 2.45) is 0 Å². The molecule has 18 heavy (non-hydrogen) atoms. The van der Waals surface area contributed by atoms with E-state index in [4.69, 9.17) is 17.3 Å². The van der Waals surface area contributed by atoms with Crippen molar-refractivity contribution in [3.05, 3.63) is 40.7 Å². The zero-order valence-electron chi connectivity index (χ0n) is 9.22. The van der Waals surface area contributed by atoms with Crippen molar-refractivity contribution in [1.82, 2.24) is 15.2 Å². The molecule has 0 amide bonds. The average Bonchev–Trinajstić information content (AvgIpc) is 2.99. The Morgan fingerprint density at radius 3 is 2.89 bits per heavy atom. The lowest BCUT2D eigenvalue weighted by Crippen LogP contribution is -1.87. The van der Waals surface area contributed by atoms with Gasteiger partial charge in [0.15, 0.2) is 11.6 Å². The number of anilines is 1. The summed E-state index contributed by atoms with van der Waals surface area (Å²) in [5.41, 5.74) is 7.05. The maximum Gasteiger partial charge on any atom is 0.183 e. The highest BCUT2D eigenvalue weighted by atomic mass is 35.5. The number of halogens is 1. The van der Waals surface area contributed by atoms with Crippen molar-refractivity contribution in [3.63, 3.8) is 0 Å². The second-order valence-electron chi connectivity index (χ2n) is 3.72. The van der Waals surface area contributed by atoms with Gasteiger partial charge in [-0.15, -0.1) is 11.3 Å². The van der Waals surface area contributed by atoms with E-state index in [1.54, 1.807) is 23.5 Å². The monoisotopic (exact) mass is 276 g/mol. The van der Waals surface area contributed by atoms with E-state index in [1.165, 1.54) is 0 Å². The van der Waals surface area contributed by atoms with Crippen LogP contribution >= 0.6 is 22.9 Å². The molecule has 0 aliphatic heterocycles. The number of hydrogen-bond donors (Lipinski definition) is 2. The SMILES string of the molecule is Nc1ccc(-c2n[nH]c(-c3cccs3)n2)c(Cl)c1. The van der Waals surface area contributed by atoms with Gasteiger partial charge in [0.1, 0.15) is 0 Å². The molecule has 2 heterocycles. The van der Waals surface area contributed by atoms with Crippen LogP contribution in [-0.4, -0.2) is 15.2 Å². The van der Waals surface area contributed by atoms with Crippen molar-refractivity contribution in [2.75, 3.05) is 5.73 Å². The van der Waals surface area contributed by atoms with Crippen LogP contribution in [0.15, 0.2) is 35.7 Å². The van der Waals surface area contributed by atoms with Crippen LogP contribution in [0, 0.1) is 0 Å². The van der Waals surface area contributed by atoms with Crippen LogP contribution in [0.1, 0.15) is 0 Å². The number of aromatic nitrogens is 3. The zero-order valence-corrected chi connectivity index (χ0v) is 10.8. The van der Waals surface area contributed by atoms with Crippen LogP contribution in [0.5, 0.6) is 0 Å².